The molecule has 4 N–H and O–H groups in total. The van der Waals surface area contributed by atoms with Crippen LogP contribution in [0.3, 0.4) is 0 Å². The molecule has 110 valence electrons. The minimum atomic E-state index is -1.97. The number of hydrogen-bond donors (Lipinski definition) is 3. The fourth-order valence-electron chi connectivity index (χ4n) is 2.44. The number of H-pyrrole nitrogens is 1. The SMILES string of the molecule is N#CC1=C(N)N(C(=O)c2c[nH]c3ccccc23)NC1(C#N)C#N. The van der Waals surface area contributed by atoms with E-state index in [0.717, 1.165) is 10.5 Å². The van der Waals surface area contributed by atoms with Gasteiger partial charge in [-0.1, -0.05) is 18.2 Å². The molecule has 23 heavy (non-hydrogen) atoms. The van der Waals surface area contributed by atoms with Crippen molar-refractivity contribution < 1.29 is 4.79 Å². The van der Waals surface area contributed by atoms with Gasteiger partial charge in [0.1, 0.15) is 29.6 Å². The first-order valence-corrected chi connectivity index (χ1v) is 6.49. The second-order valence-electron chi connectivity index (χ2n) is 4.85. The maximum atomic E-state index is 12.7. The van der Waals surface area contributed by atoms with Gasteiger partial charge in [0, 0.05) is 17.1 Å². The summed E-state index contributed by atoms with van der Waals surface area (Å²) in [6.45, 7) is 0. The van der Waals surface area contributed by atoms with Crippen molar-refractivity contribution in [2.75, 3.05) is 0 Å². The second kappa shape index (κ2) is 4.88. The summed E-state index contributed by atoms with van der Waals surface area (Å²) in [5.74, 6) is -0.828. The molecule has 0 bridgehead atoms. The molecule has 0 radical (unpaired) electrons. The quantitative estimate of drug-likeness (QED) is 0.703. The maximum absolute atomic E-state index is 12.7. The van der Waals surface area contributed by atoms with Gasteiger partial charge in [-0.05, 0) is 6.07 Å². The number of nitrogens with two attached hydrogens (primary N) is 1. The number of hydrazine groups is 1. The smallest absolute Gasteiger partial charge is 0.276 e. The highest BCUT2D eigenvalue weighted by Crippen LogP contribution is 2.28. The summed E-state index contributed by atoms with van der Waals surface area (Å²) in [6, 6.07) is 12.3. The van der Waals surface area contributed by atoms with Crippen LogP contribution in [0.25, 0.3) is 10.9 Å². The number of fused-ring (bicyclic) bond motifs is 1. The van der Waals surface area contributed by atoms with Crippen LogP contribution in [0.5, 0.6) is 0 Å². The van der Waals surface area contributed by atoms with Gasteiger partial charge in [-0.2, -0.15) is 21.2 Å². The van der Waals surface area contributed by atoms with E-state index in [1.807, 2.05) is 6.07 Å². The lowest BCUT2D eigenvalue weighted by Gasteiger charge is -2.19. The highest BCUT2D eigenvalue weighted by Gasteiger charge is 2.48. The van der Waals surface area contributed by atoms with Crippen LogP contribution < -0.4 is 11.2 Å². The molecule has 1 aliphatic rings. The van der Waals surface area contributed by atoms with E-state index in [4.69, 9.17) is 11.0 Å². The van der Waals surface area contributed by atoms with Crippen molar-refractivity contribution >= 4 is 16.8 Å². The van der Waals surface area contributed by atoms with Crippen LogP contribution in [0, 0.1) is 34.0 Å². The van der Waals surface area contributed by atoms with Gasteiger partial charge < -0.3 is 10.7 Å². The Labute approximate surface area is 130 Å². The molecule has 3 rings (SSSR count). The Hall–Kier alpha value is -3.80. The third-order valence-corrected chi connectivity index (χ3v) is 3.62. The highest BCUT2D eigenvalue weighted by atomic mass is 16.2. The van der Waals surface area contributed by atoms with Crippen molar-refractivity contribution in [2.45, 2.75) is 5.54 Å². The molecular formula is C15H9N7O. The molecule has 2 heterocycles. The Morgan fingerprint density at radius 2 is 1.91 bits per heavy atom. The van der Waals surface area contributed by atoms with Crippen molar-refractivity contribution in [1.29, 1.82) is 15.8 Å². The average molecular weight is 303 g/mol. The van der Waals surface area contributed by atoms with Gasteiger partial charge in [0.05, 0.1) is 5.56 Å². The summed E-state index contributed by atoms with van der Waals surface area (Å²) in [6.07, 6.45) is 1.51. The van der Waals surface area contributed by atoms with Gasteiger partial charge in [0.25, 0.3) is 5.91 Å². The Bertz CT molecular complexity index is 966. The van der Waals surface area contributed by atoms with E-state index < -0.39 is 11.4 Å². The second-order valence-corrected chi connectivity index (χ2v) is 4.85. The third kappa shape index (κ3) is 1.82. The summed E-state index contributed by atoms with van der Waals surface area (Å²) >= 11 is 0. The third-order valence-electron chi connectivity index (χ3n) is 3.62. The number of nitriles is 3. The first-order chi connectivity index (χ1) is 11.1. The lowest BCUT2D eigenvalue weighted by Crippen LogP contribution is -2.49. The normalized spacial score (nSPS) is 16.0. The van der Waals surface area contributed by atoms with Gasteiger partial charge in [0.15, 0.2) is 0 Å². The highest BCUT2D eigenvalue weighted by molar-refractivity contribution is 6.07. The van der Waals surface area contributed by atoms with E-state index in [-0.39, 0.29) is 11.4 Å². The number of nitrogens with one attached hydrogen (secondary N) is 2. The molecule has 2 aromatic rings. The predicted octanol–water partition coefficient (Wildman–Crippen LogP) is 0.608. The van der Waals surface area contributed by atoms with Crippen LogP contribution in [0.1, 0.15) is 10.4 Å². The number of amides is 1. The van der Waals surface area contributed by atoms with Gasteiger partial charge in [-0.25, -0.2) is 5.01 Å². The number of hydrogen-bond acceptors (Lipinski definition) is 6. The molecule has 0 aliphatic carbocycles. The zero-order valence-corrected chi connectivity index (χ0v) is 11.7. The largest absolute Gasteiger partial charge is 0.383 e. The topological polar surface area (TPSA) is 146 Å². The van der Waals surface area contributed by atoms with Gasteiger partial charge in [-0.15, -0.1) is 0 Å². The van der Waals surface area contributed by atoms with Crippen molar-refractivity contribution in [3.63, 3.8) is 0 Å². The number of aromatic amines is 1. The Morgan fingerprint density at radius 3 is 2.52 bits per heavy atom. The van der Waals surface area contributed by atoms with Crippen LogP contribution in [0.4, 0.5) is 0 Å². The number of nitrogens with zero attached hydrogens (tertiary/aromatic N) is 4. The summed E-state index contributed by atoms with van der Waals surface area (Å²) in [7, 11) is 0. The standard InChI is InChI=1S/C15H9N7O/c16-5-11-13(19)22(21-15(11,7-17)8-18)14(23)10-6-20-12-4-2-1-3-9(10)12/h1-4,6,20-21H,19H2. The lowest BCUT2D eigenvalue weighted by atomic mass is 9.96. The van der Waals surface area contributed by atoms with Crippen LogP contribution >= 0.6 is 0 Å². The number of rotatable bonds is 1. The monoisotopic (exact) mass is 303 g/mol. The molecule has 0 atom stereocenters. The fraction of sp³-hybridized carbons (Fsp3) is 0.0667. The van der Waals surface area contributed by atoms with Crippen LogP contribution in [0.2, 0.25) is 0 Å². The number of carbonyl (C=O) groups is 1. The Balaban J connectivity index is 2.09. The molecule has 0 spiro atoms. The molecule has 0 saturated carbocycles. The molecule has 1 aromatic carbocycles. The van der Waals surface area contributed by atoms with E-state index in [0.29, 0.717) is 10.9 Å². The number of benzene rings is 1. The van der Waals surface area contributed by atoms with Crippen molar-refractivity contribution in [2.24, 2.45) is 5.73 Å². The molecule has 1 aliphatic heterocycles. The van der Waals surface area contributed by atoms with Crippen molar-refractivity contribution in [1.82, 2.24) is 15.4 Å². The van der Waals surface area contributed by atoms with Crippen LogP contribution in [0.15, 0.2) is 41.9 Å². The molecule has 8 heteroatoms. The zero-order chi connectivity index (χ0) is 16.6. The minimum absolute atomic E-state index is 0.258. The Kier molecular flexibility index (Phi) is 3.01. The lowest BCUT2D eigenvalue weighted by molar-refractivity contribution is 0.0738. The summed E-state index contributed by atoms with van der Waals surface area (Å²) in [5, 5.41) is 29.1. The number of aromatic nitrogens is 1. The van der Waals surface area contributed by atoms with Gasteiger partial charge >= 0.3 is 0 Å². The van der Waals surface area contributed by atoms with Crippen molar-refractivity contribution in [3.8, 4) is 18.2 Å². The van der Waals surface area contributed by atoms with E-state index in [9.17, 15) is 15.3 Å². The predicted molar refractivity (Wildman–Crippen MR) is 78.4 cm³/mol. The fourth-order valence-corrected chi connectivity index (χ4v) is 2.44. The first-order valence-electron chi connectivity index (χ1n) is 6.49. The maximum Gasteiger partial charge on any atom is 0.276 e. The van der Waals surface area contributed by atoms with Gasteiger partial charge in [-0.3, -0.25) is 4.79 Å². The first kappa shape index (κ1) is 14.2. The van der Waals surface area contributed by atoms with E-state index >= 15 is 0 Å². The molecule has 0 fully saturated rings. The Morgan fingerprint density at radius 1 is 1.22 bits per heavy atom. The summed E-state index contributed by atoms with van der Waals surface area (Å²) in [5.41, 5.74) is 7.03. The summed E-state index contributed by atoms with van der Waals surface area (Å²) < 4.78 is 0. The van der Waals surface area contributed by atoms with Crippen molar-refractivity contribution in [3.05, 3.63) is 47.4 Å². The van der Waals surface area contributed by atoms with Crippen LogP contribution in [-0.4, -0.2) is 21.4 Å². The molecule has 0 saturated heterocycles. The molecule has 1 amide bonds. The molecular weight excluding hydrogens is 294 g/mol. The zero-order valence-electron chi connectivity index (χ0n) is 11.7. The number of para-hydroxylation sites is 1. The average Bonchev–Trinajstić information content (AvgIpc) is 3.13. The molecule has 1 aromatic heterocycles. The molecule has 8 nitrogen and oxygen atoms in total. The van der Waals surface area contributed by atoms with E-state index in [1.165, 1.54) is 6.20 Å². The minimum Gasteiger partial charge on any atom is -0.383 e. The van der Waals surface area contributed by atoms with E-state index in [1.54, 1.807) is 36.4 Å². The van der Waals surface area contributed by atoms with Crippen LogP contribution in [-0.2, 0) is 0 Å². The van der Waals surface area contributed by atoms with Gasteiger partial charge in [0.2, 0.25) is 5.54 Å². The summed E-state index contributed by atoms with van der Waals surface area (Å²) in [4.78, 5) is 15.7. The number of carbonyl (C=O) groups excluding carboxylic acids is 1. The molecule has 0 unspecified atom stereocenters. The van der Waals surface area contributed by atoms with E-state index in [2.05, 4.69) is 10.4 Å².